The van der Waals surface area contributed by atoms with Gasteiger partial charge in [0.1, 0.15) is 5.75 Å². The Morgan fingerprint density at radius 1 is 1.07 bits per heavy atom. The molecule has 2 saturated heterocycles. The van der Waals surface area contributed by atoms with Crippen LogP contribution in [0.5, 0.6) is 5.75 Å². The first kappa shape index (κ1) is 21.9. The molecule has 0 N–H and O–H groups in total. The van der Waals surface area contributed by atoms with Crippen LogP contribution in [0.15, 0.2) is 27.6 Å². The van der Waals surface area contributed by atoms with E-state index < -0.39 is 22.1 Å². The zero-order chi connectivity index (χ0) is 20.5. The van der Waals surface area contributed by atoms with Gasteiger partial charge in [-0.1, -0.05) is 6.92 Å². The number of hydrogen-bond acceptors (Lipinski definition) is 4. The van der Waals surface area contributed by atoms with Crippen molar-refractivity contribution >= 4 is 26.0 Å². The van der Waals surface area contributed by atoms with Gasteiger partial charge >= 0.3 is 6.36 Å². The topological polar surface area (TPSA) is 49.9 Å². The number of hydrogen-bond donors (Lipinski definition) is 0. The molecule has 0 aromatic heterocycles. The van der Waals surface area contributed by atoms with Crippen molar-refractivity contribution in [1.82, 2.24) is 9.21 Å². The van der Waals surface area contributed by atoms with Crippen molar-refractivity contribution in [1.29, 1.82) is 0 Å². The molecule has 0 aliphatic carbocycles. The third-order valence-electron chi connectivity index (χ3n) is 5.52. The highest BCUT2D eigenvalue weighted by atomic mass is 79.9. The van der Waals surface area contributed by atoms with Crippen LogP contribution in [0.3, 0.4) is 0 Å². The van der Waals surface area contributed by atoms with E-state index in [-0.39, 0.29) is 9.37 Å². The predicted molar refractivity (Wildman–Crippen MR) is 103 cm³/mol. The second-order valence-corrected chi connectivity index (χ2v) is 10.3. The Labute approximate surface area is 172 Å². The molecule has 10 heteroatoms. The fourth-order valence-electron chi connectivity index (χ4n) is 3.84. The summed E-state index contributed by atoms with van der Waals surface area (Å²) in [6.07, 6.45) is -0.942. The first-order chi connectivity index (χ1) is 13.1. The lowest BCUT2D eigenvalue weighted by molar-refractivity contribution is -0.274. The highest BCUT2D eigenvalue weighted by molar-refractivity contribution is 9.10. The van der Waals surface area contributed by atoms with Gasteiger partial charge in [-0.25, -0.2) is 8.42 Å². The Morgan fingerprint density at radius 3 is 2.21 bits per heavy atom. The van der Waals surface area contributed by atoms with Crippen LogP contribution in [0.25, 0.3) is 0 Å². The Morgan fingerprint density at radius 2 is 1.68 bits per heavy atom. The first-order valence-electron chi connectivity index (χ1n) is 9.36. The van der Waals surface area contributed by atoms with Crippen LogP contribution in [0.2, 0.25) is 0 Å². The van der Waals surface area contributed by atoms with E-state index in [0.29, 0.717) is 19.1 Å². The molecule has 1 aromatic rings. The molecule has 0 radical (unpaired) electrons. The third kappa shape index (κ3) is 5.20. The SMILES string of the molecule is CC1CCN(C2CCN(S(=O)(=O)c3ccc(OC(F)(F)F)c(Br)c3)CC2)CC1. The van der Waals surface area contributed by atoms with Gasteiger partial charge in [-0.15, -0.1) is 13.2 Å². The Bertz CT molecular complexity index is 788. The second-order valence-electron chi connectivity index (χ2n) is 7.49. The Hall–Kier alpha value is -0.840. The van der Waals surface area contributed by atoms with Crippen LogP contribution in [0.1, 0.15) is 32.6 Å². The lowest BCUT2D eigenvalue weighted by Crippen LogP contribution is -2.48. The van der Waals surface area contributed by atoms with Crippen LogP contribution in [-0.4, -0.2) is 56.2 Å². The van der Waals surface area contributed by atoms with E-state index in [1.807, 2.05) is 0 Å². The van der Waals surface area contributed by atoms with Gasteiger partial charge in [0.25, 0.3) is 0 Å². The molecule has 0 spiro atoms. The molecule has 3 rings (SSSR count). The van der Waals surface area contributed by atoms with Crippen molar-refractivity contribution in [3.05, 3.63) is 22.7 Å². The molecular formula is C18H24BrF3N2O3S. The molecule has 0 saturated carbocycles. The van der Waals surface area contributed by atoms with Crippen molar-refractivity contribution in [3.8, 4) is 5.75 Å². The highest BCUT2D eigenvalue weighted by Gasteiger charge is 2.34. The van der Waals surface area contributed by atoms with E-state index in [4.69, 9.17) is 0 Å². The molecule has 0 bridgehead atoms. The van der Waals surface area contributed by atoms with Gasteiger partial charge < -0.3 is 9.64 Å². The minimum atomic E-state index is -4.84. The van der Waals surface area contributed by atoms with Crippen LogP contribution < -0.4 is 4.74 Å². The van der Waals surface area contributed by atoms with E-state index in [1.54, 1.807) is 0 Å². The molecule has 0 amide bonds. The van der Waals surface area contributed by atoms with Gasteiger partial charge in [0, 0.05) is 19.1 Å². The zero-order valence-corrected chi connectivity index (χ0v) is 18.0. The normalized spacial score (nSPS) is 21.8. The van der Waals surface area contributed by atoms with Gasteiger partial charge in [0.2, 0.25) is 10.0 Å². The maximum Gasteiger partial charge on any atom is 0.573 e. The largest absolute Gasteiger partial charge is 0.573 e. The number of piperidine rings is 2. The summed E-state index contributed by atoms with van der Waals surface area (Å²) >= 11 is 2.97. The van der Waals surface area contributed by atoms with E-state index in [0.717, 1.165) is 50.0 Å². The number of nitrogens with zero attached hydrogens (tertiary/aromatic N) is 2. The highest BCUT2D eigenvalue weighted by Crippen LogP contribution is 2.34. The van der Waals surface area contributed by atoms with Crippen molar-refractivity contribution in [3.63, 3.8) is 0 Å². The summed E-state index contributed by atoms with van der Waals surface area (Å²) < 4.78 is 68.2. The van der Waals surface area contributed by atoms with E-state index in [9.17, 15) is 21.6 Å². The summed E-state index contributed by atoms with van der Waals surface area (Å²) in [5, 5.41) is 0. The quantitative estimate of drug-likeness (QED) is 0.641. The minimum Gasteiger partial charge on any atom is -0.405 e. The molecule has 2 aliphatic rings. The number of alkyl halides is 3. The van der Waals surface area contributed by atoms with Gasteiger partial charge in [0.15, 0.2) is 0 Å². The number of sulfonamides is 1. The van der Waals surface area contributed by atoms with Crippen molar-refractivity contribution in [2.75, 3.05) is 26.2 Å². The number of rotatable bonds is 4. The second kappa shape index (κ2) is 8.49. The van der Waals surface area contributed by atoms with Gasteiger partial charge in [-0.2, -0.15) is 4.31 Å². The molecule has 28 heavy (non-hydrogen) atoms. The van der Waals surface area contributed by atoms with Crippen molar-refractivity contribution in [2.45, 2.75) is 49.9 Å². The third-order valence-corrected chi connectivity index (χ3v) is 8.04. The summed E-state index contributed by atoms with van der Waals surface area (Å²) in [5.74, 6) is 0.281. The minimum absolute atomic E-state index is 0.0425. The first-order valence-corrected chi connectivity index (χ1v) is 11.6. The fraction of sp³-hybridized carbons (Fsp3) is 0.667. The summed E-state index contributed by atoms with van der Waals surface area (Å²) in [4.78, 5) is 2.42. The molecule has 2 heterocycles. The number of ether oxygens (including phenoxy) is 1. The van der Waals surface area contributed by atoms with E-state index >= 15 is 0 Å². The van der Waals surface area contributed by atoms with E-state index in [2.05, 4.69) is 32.5 Å². The lowest BCUT2D eigenvalue weighted by atomic mass is 9.95. The average Bonchev–Trinajstić information content (AvgIpc) is 2.63. The predicted octanol–water partition coefficient (Wildman–Crippen LogP) is 4.23. The molecular weight excluding hydrogens is 461 g/mol. The van der Waals surface area contributed by atoms with Crippen molar-refractivity contribution in [2.24, 2.45) is 5.92 Å². The van der Waals surface area contributed by atoms with E-state index in [1.165, 1.54) is 17.1 Å². The molecule has 0 unspecified atom stereocenters. The van der Waals surface area contributed by atoms with Crippen LogP contribution in [0, 0.1) is 5.92 Å². The van der Waals surface area contributed by atoms with Crippen LogP contribution >= 0.6 is 15.9 Å². The molecule has 2 fully saturated rings. The molecule has 2 aliphatic heterocycles. The summed E-state index contributed by atoms with van der Waals surface area (Å²) in [7, 11) is -3.76. The van der Waals surface area contributed by atoms with Crippen LogP contribution in [-0.2, 0) is 10.0 Å². The average molecular weight is 485 g/mol. The number of benzene rings is 1. The van der Waals surface area contributed by atoms with Gasteiger partial charge in [-0.3, -0.25) is 0 Å². The lowest BCUT2D eigenvalue weighted by Gasteiger charge is -2.41. The van der Waals surface area contributed by atoms with Crippen LogP contribution in [0.4, 0.5) is 13.2 Å². The maximum absolute atomic E-state index is 12.9. The summed E-state index contributed by atoms with van der Waals surface area (Å²) in [6, 6.07) is 3.73. The smallest absolute Gasteiger partial charge is 0.405 e. The number of likely N-dealkylation sites (tertiary alicyclic amines) is 1. The molecule has 158 valence electrons. The Kier molecular flexibility index (Phi) is 6.63. The molecule has 0 atom stereocenters. The van der Waals surface area contributed by atoms with Crippen molar-refractivity contribution < 1.29 is 26.3 Å². The summed E-state index contributed by atoms with van der Waals surface area (Å²) in [6.45, 7) is 5.21. The Balaban J connectivity index is 1.65. The molecule has 1 aromatic carbocycles. The molecule has 5 nitrogen and oxygen atoms in total. The van der Waals surface area contributed by atoms with Gasteiger partial charge in [0.05, 0.1) is 9.37 Å². The summed E-state index contributed by atoms with van der Waals surface area (Å²) in [5.41, 5.74) is 0. The van der Waals surface area contributed by atoms with Gasteiger partial charge in [-0.05, 0) is 78.8 Å². The maximum atomic E-state index is 12.9. The zero-order valence-electron chi connectivity index (χ0n) is 15.6. The fourth-order valence-corrected chi connectivity index (χ4v) is 5.95. The number of halogens is 4. The standard InChI is InChI=1S/C18H24BrF3N2O3S/c1-13-4-8-23(9-5-13)14-6-10-24(11-7-14)28(25,26)15-2-3-17(16(19)12-15)27-18(20,21)22/h2-3,12-14H,4-11H2,1H3. The monoisotopic (exact) mass is 484 g/mol.